The van der Waals surface area contributed by atoms with E-state index in [-0.39, 0.29) is 23.4 Å². The van der Waals surface area contributed by atoms with Gasteiger partial charge in [0.1, 0.15) is 5.82 Å². The van der Waals surface area contributed by atoms with Crippen LogP contribution in [0.25, 0.3) is 0 Å². The van der Waals surface area contributed by atoms with E-state index in [2.05, 4.69) is 6.92 Å². The average molecular weight is 368 g/mol. The molecule has 3 rings (SSSR count). The minimum Gasteiger partial charge on any atom is -0.366 e. The van der Waals surface area contributed by atoms with Crippen LogP contribution in [0, 0.1) is 5.82 Å². The lowest BCUT2D eigenvalue weighted by molar-refractivity contribution is -0.131. The fourth-order valence-electron chi connectivity index (χ4n) is 3.47. The van der Waals surface area contributed by atoms with E-state index in [1.807, 2.05) is 40.1 Å². The number of nitrogens with zero attached hydrogens (tertiary/aromatic N) is 2. The molecule has 2 aromatic carbocycles. The lowest BCUT2D eigenvalue weighted by Gasteiger charge is -2.36. The average Bonchev–Trinajstić information content (AvgIpc) is 2.68. The van der Waals surface area contributed by atoms with Gasteiger partial charge in [-0.05, 0) is 36.6 Å². The molecule has 1 amide bonds. The molecule has 0 saturated carbocycles. The van der Waals surface area contributed by atoms with Crippen LogP contribution < -0.4 is 4.90 Å². The standard InChI is InChI=1S/C22H25FN2O2/c1-16(18-6-4-3-5-7-18)14-22(27)25-12-10-24(11-13-25)21-9-8-19(17(2)26)15-20(21)23/h3-9,15-16H,10-14H2,1-2H3/t16-/m1/s1. The third kappa shape index (κ3) is 4.54. The number of anilines is 1. The minimum absolute atomic E-state index is 0.137. The molecule has 0 aliphatic carbocycles. The Hall–Kier alpha value is -2.69. The van der Waals surface area contributed by atoms with E-state index in [1.165, 1.54) is 13.0 Å². The van der Waals surface area contributed by atoms with E-state index in [0.717, 1.165) is 5.56 Å². The van der Waals surface area contributed by atoms with Crippen LogP contribution in [0.5, 0.6) is 0 Å². The summed E-state index contributed by atoms with van der Waals surface area (Å²) >= 11 is 0. The van der Waals surface area contributed by atoms with Gasteiger partial charge in [0.25, 0.3) is 0 Å². The molecule has 1 saturated heterocycles. The number of hydrogen-bond donors (Lipinski definition) is 0. The van der Waals surface area contributed by atoms with Crippen molar-refractivity contribution in [2.45, 2.75) is 26.2 Å². The molecule has 0 N–H and O–H groups in total. The molecule has 1 atom stereocenters. The third-order valence-electron chi connectivity index (χ3n) is 5.18. The highest BCUT2D eigenvalue weighted by atomic mass is 19.1. The van der Waals surface area contributed by atoms with Gasteiger partial charge in [-0.15, -0.1) is 0 Å². The topological polar surface area (TPSA) is 40.6 Å². The number of rotatable bonds is 5. The number of hydrogen-bond acceptors (Lipinski definition) is 3. The van der Waals surface area contributed by atoms with E-state index < -0.39 is 0 Å². The minimum atomic E-state index is -0.389. The fraction of sp³-hybridized carbons (Fsp3) is 0.364. The maximum Gasteiger partial charge on any atom is 0.223 e. The first-order chi connectivity index (χ1) is 13.0. The number of benzene rings is 2. The van der Waals surface area contributed by atoms with Crippen molar-refractivity contribution in [1.82, 2.24) is 4.90 Å². The summed E-state index contributed by atoms with van der Waals surface area (Å²) in [6, 6.07) is 14.6. The number of halogens is 1. The van der Waals surface area contributed by atoms with Crippen molar-refractivity contribution in [3.05, 3.63) is 65.5 Å². The zero-order valence-corrected chi connectivity index (χ0v) is 15.8. The van der Waals surface area contributed by atoms with Crippen LogP contribution in [-0.2, 0) is 4.79 Å². The highest BCUT2D eigenvalue weighted by molar-refractivity contribution is 5.94. The highest BCUT2D eigenvalue weighted by Crippen LogP contribution is 2.24. The van der Waals surface area contributed by atoms with Crippen LogP contribution in [0.2, 0.25) is 0 Å². The largest absolute Gasteiger partial charge is 0.366 e. The van der Waals surface area contributed by atoms with Crippen molar-refractivity contribution in [1.29, 1.82) is 0 Å². The van der Waals surface area contributed by atoms with Crippen LogP contribution in [0.3, 0.4) is 0 Å². The van der Waals surface area contributed by atoms with Crippen molar-refractivity contribution in [3.63, 3.8) is 0 Å². The summed E-state index contributed by atoms with van der Waals surface area (Å²) in [7, 11) is 0. The molecule has 1 fully saturated rings. The molecule has 0 radical (unpaired) electrons. The van der Waals surface area contributed by atoms with Crippen LogP contribution in [-0.4, -0.2) is 42.8 Å². The number of amides is 1. The van der Waals surface area contributed by atoms with Gasteiger partial charge >= 0.3 is 0 Å². The molecule has 0 unspecified atom stereocenters. The van der Waals surface area contributed by atoms with Crippen molar-refractivity contribution in [2.75, 3.05) is 31.1 Å². The molecule has 142 valence electrons. The Morgan fingerprint density at radius 2 is 1.70 bits per heavy atom. The van der Waals surface area contributed by atoms with Crippen LogP contribution in [0.15, 0.2) is 48.5 Å². The maximum atomic E-state index is 14.3. The molecule has 2 aromatic rings. The number of piperazine rings is 1. The second-order valence-corrected chi connectivity index (χ2v) is 7.11. The van der Waals surface area contributed by atoms with Crippen LogP contribution >= 0.6 is 0 Å². The second-order valence-electron chi connectivity index (χ2n) is 7.11. The van der Waals surface area contributed by atoms with Crippen molar-refractivity contribution >= 4 is 17.4 Å². The first-order valence-corrected chi connectivity index (χ1v) is 9.34. The molecule has 1 aliphatic heterocycles. The molecular weight excluding hydrogens is 343 g/mol. The monoisotopic (exact) mass is 368 g/mol. The predicted molar refractivity (Wildman–Crippen MR) is 105 cm³/mol. The van der Waals surface area contributed by atoms with Gasteiger partial charge in [-0.1, -0.05) is 37.3 Å². The number of ketones is 1. The zero-order chi connectivity index (χ0) is 19.4. The molecule has 1 aliphatic rings. The summed E-state index contributed by atoms with van der Waals surface area (Å²) < 4.78 is 14.3. The summed E-state index contributed by atoms with van der Waals surface area (Å²) in [6.07, 6.45) is 0.478. The van der Waals surface area contributed by atoms with Crippen LogP contribution in [0.4, 0.5) is 10.1 Å². The van der Waals surface area contributed by atoms with Gasteiger partial charge in [0.05, 0.1) is 5.69 Å². The first kappa shape index (κ1) is 19.1. The summed E-state index contributed by atoms with van der Waals surface area (Å²) in [5.74, 6) is -0.227. The molecule has 1 heterocycles. The Labute approximate surface area is 159 Å². The van der Waals surface area contributed by atoms with E-state index in [1.54, 1.807) is 12.1 Å². The molecule has 4 nitrogen and oxygen atoms in total. The van der Waals surface area contributed by atoms with Crippen molar-refractivity contribution < 1.29 is 14.0 Å². The van der Waals surface area contributed by atoms with Gasteiger partial charge in [0.15, 0.2) is 5.78 Å². The lowest BCUT2D eigenvalue weighted by atomic mass is 9.97. The Kier molecular flexibility index (Phi) is 5.89. The SMILES string of the molecule is CC(=O)c1ccc(N2CCN(C(=O)C[C@@H](C)c3ccccc3)CC2)c(F)c1. The normalized spacial score (nSPS) is 15.5. The Morgan fingerprint density at radius 1 is 1.04 bits per heavy atom. The summed E-state index contributed by atoms with van der Waals surface area (Å²) in [5, 5.41) is 0. The van der Waals surface area contributed by atoms with Crippen LogP contribution in [0.1, 0.15) is 42.1 Å². The lowest BCUT2D eigenvalue weighted by Crippen LogP contribution is -2.49. The van der Waals surface area contributed by atoms with Crippen molar-refractivity contribution in [3.8, 4) is 0 Å². The molecule has 0 bridgehead atoms. The number of Topliss-reactive ketones (excluding diaryl/α,β-unsaturated/α-hetero) is 1. The second kappa shape index (κ2) is 8.33. The number of carbonyl (C=O) groups excluding carboxylic acids is 2. The van der Waals surface area contributed by atoms with Gasteiger partial charge < -0.3 is 9.80 Å². The summed E-state index contributed by atoms with van der Waals surface area (Å²) in [6.45, 7) is 5.82. The summed E-state index contributed by atoms with van der Waals surface area (Å²) in [4.78, 5) is 27.8. The molecule has 0 aromatic heterocycles. The van der Waals surface area contributed by atoms with Gasteiger partial charge in [0.2, 0.25) is 5.91 Å². The first-order valence-electron chi connectivity index (χ1n) is 9.34. The van der Waals surface area contributed by atoms with Gasteiger partial charge in [-0.2, -0.15) is 0 Å². The number of carbonyl (C=O) groups is 2. The van der Waals surface area contributed by atoms with Gasteiger partial charge in [-0.25, -0.2) is 4.39 Å². The van der Waals surface area contributed by atoms with Gasteiger partial charge in [-0.3, -0.25) is 9.59 Å². The zero-order valence-electron chi connectivity index (χ0n) is 15.8. The Morgan fingerprint density at radius 3 is 2.30 bits per heavy atom. The van der Waals surface area contributed by atoms with E-state index in [9.17, 15) is 14.0 Å². The summed E-state index contributed by atoms with van der Waals surface area (Å²) in [5.41, 5.74) is 2.03. The Balaban J connectivity index is 1.57. The van der Waals surface area contributed by atoms with E-state index in [4.69, 9.17) is 0 Å². The van der Waals surface area contributed by atoms with E-state index >= 15 is 0 Å². The molecule has 27 heavy (non-hydrogen) atoms. The van der Waals surface area contributed by atoms with Crippen molar-refractivity contribution in [2.24, 2.45) is 0 Å². The Bertz CT molecular complexity index is 814. The third-order valence-corrected chi connectivity index (χ3v) is 5.18. The highest BCUT2D eigenvalue weighted by Gasteiger charge is 2.24. The fourth-order valence-corrected chi connectivity index (χ4v) is 3.47. The molecule has 5 heteroatoms. The maximum absolute atomic E-state index is 14.3. The quantitative estimate of drug-likeness (QED) is 0.752. The van der Waals surface area contributed by atoms with E-state index in [0.29, 0.717) is 43.9 Å². The van der Waals surface area contributed by atoms with Gasteiger partial charge in [0, 0.05) is 38.2 Å². The predicted octanol–water partition coefficient (Wildman–Crippen LogP) is 3.87. The smallest absolute Gasteiger partial charge is 0.223 e. The molecular formula is C22H25FN2O2. The molecule has 0 spiro atoms.